The minimum atomic E-state index is 0. The summed E-state index contributed by atoms with van der Waals surface area (Å²) in [5.41, 5.74) is 2.09. The Balaban J connectivity index is 0.00000161. The average Bonchev–Trinajstić information content (AvgIpc) is 2.89. The van der Waals surface area contributed by atoms with Crippen LogP contribution in [-0.2, 0) is 4.79 Å². The molecule has 0 aliphatic carbocycles. The van der Waals surface area contributed by atoms with Crippen LogP contribution in [0.1, 0.15) is 12.0 Å². The quantitative estimate of drug-likeness (QED) is 0.896. The van der Waals surface area contributed by atoms with Crippen LogP contribution in [-0.4, -0.2) is 43.5 Å². The van der Waals surface area contributed by atoms with Crippen molar-refractivity contribution in [2.75, 3.05) is 38.0 Å². The van der Waals surface area contributed by atoms with Crippen molar-refractivity contribution >= 4 is 24.0 Å². The number of amides is 1. The zero-order chi connectivity index (χ0) is 13.9. The van der Waals surface area contributed by atoms with Crippen molar-refractivity contribution < 1.29 is 4.79 Å². The second-order valence-corrected chi connectivity index (χ2v) is 6.12. The molecule has 2 saturated heterocycles. The largest absolute Gasteiger partial charge is 0.325 e. The van der Waals surface area contributed by atoms with Gasteiger partial charge in [-0.15, -0.1) is 12.4 Å². The third-order valence-corrected chi connectivity index (χ3v) is 4.49. The number of carbonyl (C=O) groups is 1. The van der Waals surface area contributed by atoms with Gasteiger partial charge in [-0.25, -0.2) is 0 Å². The van der Waals surface area contributed by atoms with Gasteiger partial charge in [-0.1, -0.05) is 17.7 Å². The van der Waals surface area contributed by atoms with E-state index in [0.29, 0.717) is 6.54 Å². The molecule has 5 heteroatoms. The van der Waals surface area contributed by atoms with E-state index in [1.54, 1.807) is 0 Å². The Morgan fingerprint density at radius 2 is 2.00 bits per heavy atom. The number of carbonyl (C=O) groups excluding carboxylic acids is 1. The van der Waals surface area contributed by atoms with Gasteiger partial charge in [0, 0.05) is 12.2 Å². The number of nitrogens with zero attached hydrogens (tertiary/aromatic N) is 1. The molecule has 1 aromatic carbocycles. The van der Waals surface area contributed by atoms with E-state index < -0.39 is 0 Å². The highest BCUT2D eigenvalue weighted by Crippen LogP contribution is 2.26. The van der Waals surface area contributed by atoms with Crippen molar-refractivity contribution in [1.29, 1.82) is 0 Å². The molecule has 1 aromatic rings. The van der Waals surface area contributed by atoms with Gasteiger partial charge in [0.2, 0.25) is 5.91 Å². The number of fused-ring (bicyclic) bond motifs is 1. The van der Waals surface area contributed by atoms with Crippen molar-refractivity contribution in [2.24, 2.45) is 11.8 Å². The molecule has 4 nitrogen and oxygen atoms in total. The van der Waals surface area contributed by atoms with Gasteiger partial charge >= 0.3 is 0 Å². The zero-order valence-electron chi connectivity index (χ0n) is 12.5. The molecule has 116 valence electrons. The molecule has 1 amide bonds. The number of likely N-dealkylation sites (tertiary alicyclic amines) is 1. The molecule has 3 rings (SSSR count). The molecule has 2 aliphatic rings. The molecule has 0 radical (unpaired) electrons. The molecule has 21 heavy (non-hydrogen) atoms. The molecule has 2 aliphatic heterocycles. The summed E-state index contributed by atoms with van der Waals surface area (Å²) < 4.78 is 0. The number of hydrogen-bond acceptors (Lipinski definition) is 3. The maximum Gasteiger partial charge on any atom is 0.238 e. The van der Waals surface area contributed by atoms with Crippen LogP contribution in [0.15, 0.2) is 24.3 Å². The fraction of sp³-hybridized carbons (Fsp3) is 0.562. The molecule has 0 saturated carbocycles. The van der Waals surface area contributed by atoms with Gasteiger partial charge in [0.05, 0.1) is 6.54 Å². The number of benzene rings is 1. The van der Waals surface area contributed by atoms with Gasteiger partial charge in [-0.2, -0.15) is 0 Å². The van der Waals surface area contributed by atoms with Gasteiger partial charge < -0.3 is 10.6 Å². The van der Waals surface area contributed by atoms with Crippen LogP contribution in [0.2, 0.25) is 0 Å². The van der Waals surface area contributed by atoms with Crippen LogP contribution in [0.4, 0.5) is 5.69 Å². The van der Waals surface area contributed by atoms with Crippen LogP contribution in [0.25, 0.3) is 0 Å². The summed E-state index contributed by atoms with van der Waals surface area (Å²) in [5, 5.41) is 6.44. The minimum Gasteiger partial charge on any atom is -0.325 e. The fourth-order valence-corrected chi connectivity index (χ4v) is 3.29. The molecule has 2 heterocycles. The number of anilines is 1. The van der Waals surface area contributed by atoms with E-state index in [-0.39, 0.29) is 18.3 Å². The first-order chi connectivity index (χ1) is 9.70. The van der Waals surface area contributed by atoms with Gasteiger partial charge in [0.1, 0.15) is 0 Å². The number of nitrogens with one attached hydrogen (secondary N) is 2. The third kappa shape index (κ3) is 4.19. The summed E-state index contributed by atoms with van der Waals surface area (Å²) in [7, 11) is 0. The van der Waals surface area contributed by atoms with E-state index in [0.717, 1.165) is 43.7 Å². The normalized spacial score (nSPS) is 25.0. The number of halogens is 1. The van der Waals surface area contributed by atoms with Crippen LogP contribution in [0, 0.1) is 18.8 Å². The second kappa shape index (κ2) is 7.25. The number of aryl methyl sites for hydroxylation is 1. The van der Waals surface area contributed by atoms with E-state index in [4.69, 9.17) is 0 Å². The monoisotopic (exact) mass is 309 g/mol. The Morgan fingerprint density at radius 3 is 2.76 bits per heavy atom. The van der Waals surface area contributed by atoms with Crippen molar-refractivity contribution in [3.8, 4) is 0 Å². The summed E-state index contributed by atoms with van der Waals surface area (Å²) in [6.07, 6.45) is 1.22. The lowest BCUT2D eigenvalue weighted by molar-refractivity contribution is -0.117. The predicted molar refractivity (Wildman–Crippen MR) is 88.0 cm³/mol. The average molecular weight is 310 g/mol. The number of rotatable bonds is 3. The zero-order valence-corrected chi connectivity index (χ0v) is 13.3. The standard InChI is InChI=1S/C16H23N3O.ClH/c1-12-2-4-15(5-3-12)18-16(20)11-19-7-6-13-8-17-9-14(13)10-19;/h2-5,13-14,17H,6-11H2,1H3,(H,18,20);1H. The first kappa shape index (κ1) is 16.3. The lowest BCUT2D eigenvalue weighted by Gasteiger charge is -2.33. The molecule has 0 aromatic heterocycles. The predicted octanol–water partition coefficient (Wildman–Crippen LogP) is 1.90. The smallest absolute Gasteiger partial charge is 0.238 e. The van der Waals surface area contributed by atoms with E-state index in [1.807, 2.05) is 31.2 Å². The van der Waals surface area contributed by atoms with Crippen molar-refractivity contribution in [3.05, 3.63) is 29.8 Å². The summed E-state index contributed by atoms with van der Waals surface area (Å²) in [4.78, 5) is 14.4. The first-order valence-corrected chi connectivity index (χ1v) is 7.50. The fourth-order valence-electron chi connectivity index (χ4n) is 3.29. The van der Waals surface area contributed by atoms with Crippen LogP contribution < -0.4 is 10.6 Å². The summed E-state index contributed by atoms with van der Waals surface area (Å²) in [6.45, 7) is 6.93. The molecule has 2 N–H and O–H groups in total. The van der Waals surface area contributed by atoms with Gasteiger partial charge in [-0.05, 0) is 56.9 Å². The minimum absolute atomic E-state index is 0. The lowest BCUT2D eigenvalue weighted by Crippen LogP contribution is -2.43. The van der Waals surface area contributed by atoms with Crippen LogP contribution in [0.5, 0.6) is 0 Å². The molecule has 2 fully saturated rings. The first-order valence-electron chi connectivity index (χ1n) is 7.50. The molecule has 2 unspecified atom stereocenters. The van der Waals surface area contributed by atoms with Gasteiger partial charge in [0.25, 0.3) is 0 Å². The Kier molecular flexibility index (Phi) is 5.62. The lowest BCUT2D eigenvalue weighted by atomic mass is 9.89. The van der Waals surface area contributed by atoms with E-state index in [1.165, 1.54) is 12.0 Å². The van der Waals surface area contributed by atoms with Crippen LogP contribution >= 0.6 is 12.4 Å². The maximum atomic E-state index is 12.1. The Morgan fingerprint density at radius 1 is 1.29 bits per heavy atom. The summed E-state index contributed by atoms with van der Waals surface area (Å²) in [6, 6.07) is 7.96. The molecule has 0 spiro atoms. The van der Waals surface area contributed by atoms with E-state index in [9.17, 15) is 4.79 Å². The molecule has 0 bridgehead atoms. The molecular weight excluding hydrogens is 286 g/mol. The van der Waals surface area contributed by atoms with Crippen molar-refractivity contribution in [2.45, 2.75) is 13.3 Å². The molecule has 2 atom stereocenters. The highest BCUT2D eigenvalue weighted by molar-refractivity contribution is 5.92. The maximum absolute atomic E-state index is 12.1. The number of hydrogen-bond donors (Lipinski definition) is 2. The van der Waals surface area contributed by atoms with Crippen LogP contribution in [0.3, 0.4) is 0 Å². The highest BCUT2D eigenvalue weighted by atomic mass is 35.5. The topological polar surface area (TPSA) is 44.4 Å². The summed E-state index contributed by atoms with van der Waals surface area (Å²) in [5.74, 6) is 1.65. The summed E-state index contributed by atoms with van der Waals surface area (Å²) >= 11 is 0. The van der Waals surface area contributed by atoms with E-state index in [2.05, 4.69) is 15.5 Å². The Labute approximate surface area is 132 Å². The highest BCUT2D eigenvalue weighted by Gasteiger charge is 2.33. The van der Waals surface area contributed by atoms with Crippen molar-refractivity contribution in [1.82, 2.24) is 10.2 Å². The van der Waals surface area contributed by atoms with Crippen molar-refractivity contribution in [3.63, 3.8) is 0 Å². The molecular formula is C16H24ClN3O. The van der Waals surface area contributed by atoms with E-state index >= 15 is 0 Å². The Hall–Kier alpha value is -1.10. The second-order valence-electron chi connectivity index (χ2n) is 6.12. The van der Waals surface area contributed by atoms with Gasteiger partial charge in [-0.3, -0.25) is 9.69 Å². The Bertz CT molecular complexity index is 477. The SMILES string of the molecule is Cc1ccc(NC(=O)CN2CCC3CNCC3C2)cc1.Cl. The van der Waals surface area contributed by atoms with Gasteiger partial charge in [0.15, 0.2) is 0 Å². The third-order valence-electron chi connectivity index (χ3n) is 4.49. The number of piperidine rings is 1.